The van der Waals surface area contributed by atoms with E-state index in [1.165, 1.54) is 6.42 Å². The van der Waals surface area contributed by atoms with Crippen LogP contribution < -0.4 is 5.32 Å². The minimum atomic E-state index is 0.585. The fourth-order valence-corrected chi connectivity index (χ4v) is 4.81. The maximum atomic E-state index is 7.30. The Balaban J connectivity index is 1.54. The third-order valence-corrected chi connectivity index (χ3v) is 6.47. The maximum absolute atomic E-state index is 7.30. The maximum Gasteiger partial charge on any atom is 0.187 e. The highest BCUT2D eigenvalue weighted by Crippen LogP contribution is 2.38. The molecule has 0 bridgehead atoms. The highest BCUT2D eigenvalue weighted by atomic mass is 15.3. The van der Waals surface area contributed by atoms with Gasteiger partial charge in [-0.1, -0.05) is 30.3 Å². The Labute approximate surface area is 191 Å². The first-order chi connectivity index (χ1) is 16.2. The molecule has 7 heteroatoms. The van der Waals surface area contributed by atoms with E-state index >= 15 is 0 Å². The Hall–Kier alpha value is -4.02. The molecule has 0 spiro atoms. The standard InChI is InChI=1S/C26H23N7/c1-27-21-6-3-18(4-7-21)25-22-13-30-33(15-17-9-10-28-12-17)24(22)14-29-26(25)19-5-8-23-20(11-19)16-32(2)31-23/h3-8,11,13-14,16-17,28H,9-10,12,15H2,2H3/t17-/m1/s1. The zero-order valence-corrected chi connectivity index (χ0v) is 18.4. The number of aryl methyl sites for hydroxylation is 1. The van der Waals surface area contributed by atoms with Crippen LogP contribution in [0.15, 0.2) is 61.1 Å². The topological polar surface area (TPSA) is 64.9 Å². The van der Waals surface area contributed by atoms with Gasteiger partial charge in [0.2, 0.25) is 0 Å². The molecule has 3 aromatic heterocycles. The number of hydrogen-bond donors (Lipinski definition) is 1. The molecule has 0 radical (unpaired) electrons. The summed E-state index contributed by atoms with van der Waals surface area (Å²) in [7, 11) is 1.93. The van der Waals surface area contributed by atoms with E-state index in [0.717, 1.165) is 63.8 Å². The minimum absolute atomic E-state index is 0.585. The summed E-state index contributed by atoms with van der Waals surface area (Å²) in [5.41, 5.74) is 6.65. The van der Waals surface area contributed by atoms with E-state index in [1.807, 2.05) is 60.7 Å². The Morgan fingerprint density at radius 3 is 2.76 bits per heavy atom. The van der Waals surface area contributed by atoms with Crippen LogP contribution >= 0.6 is 0 Å². The van der Waals surface area contributed by atoms with Gasteiger partial charge in [-0.3, -0.25) is 14.3 Å². The molecule has 0 aliphatic carbocycles. The Bertz CT molecular complexity index is 1510. The van der Waals surface area contributed by atoms with Gasteiger partial charge >= 0.3 is 0 Å². The van der Waals surface area contributed by atoms with Crippen LogP contribution in [0.2, 0.25) is 0 Å². The molecular formula is C26H23N7. The summed E-state index contributed by atoms with van der Waals surface area (Å²) >= 11 is 0. The van der Waals surface area contributed by atoms with Crippen molar-refractivity contribution in [2.75, 3.05) is 13.1 Å². The van der Waals surface area contributed by atoms with Crippen LogP contribution in [0.4, 0.5) is 5.69 Å². The Kier molecular flexibility index (Phi) is 4.67. The van der Waals surface area contributed by atoms with Gasteiger partial charge in [0.15, 0.2) is 5.69 Å². The second-order valence-electron chi connectivity index (χ2n) is 8.70. The molecule has 1 N–H and O–H groups in total. The van der Waals surface area contributed by atoms with Crippen LogP contribution in [0.25, 0.3) is 49.0 Å². The Morgan fingerprint density at radius 1 is 1.12 bits per heavy atom. The van der Waals surface area contributed by atoms with Gasteiger partial charge in [-0.05, 0) is 43.1 Å². The van der Waals surface area contributed by atoms with Crippen molar-refractivity contribution >= 4 is 27.5 Å². The number of pyridine rings is 1. The molecule has 1 aliphatic rings. The lowest BCUT2D eigenvalue weighted by molar-refractivity contribution is 0.459. The molecule has 6 rings (SSSR count). The summed E-state index contributed by atoms with van der Waals surface area (Å²) in [6.45, 7) is 10.3. The van der Waals surface area contributed by atoms with E-state index in [-0.39, 0.29) is 0 Å². The molecule has 2 aromatic carbocycles. The predicted octanol–water partition coefficient (Wildman–Crippen LogP) is 4.81. The number of aromatic nitrogens is 5. The van der Waals surface area contributed by atoms with Gasteiger partial charge in [0.1, 0.15) is 0 Å². The molecule has 1 saturated heterocycles. The zero-order chi connectivity index (χ0) is 22.4. The van der Waals surface area contributed by atoms with Gasteiger partial charge in [0, 0.05) is 41.7 Å². The lowest BCUT2D eigenvalue weighted by atomic mass is 9.95. The van der Waals surface area contributed by atoms with Crippen molar-refractivity contribution in [2.45, 2.75) is 13.0 Å². The van der Waals surface area contributed by atoms with Crippen molar-refractivity contribution in [3.8, 4) is 22.4 Å². The largest absolute Gasteiger partial charge is 0.316 e. The second-order valence-corrected chi connectivity index (χ2v) is 8.70. The average Bonchev–Trinajstić information content (AvgIpc) is 3.58. The molecule has 1 aliphatic heterocycles. The molecule has 4 heterocycles. The minimum Gasteiger partial charge on any atom is -0.316 e. The van der Waals surface area contributed by atoms with E-state index in [2.05, 4.69) is 32.1 Å². The lowest BCUT2D eigenvalue weighted by Crippen LogP contribution is -2.15. The van der Waals surface area contributed by atoms with Gasteiger partial charge in [0.25, 0.3) is 0 Å². The van der Waals surface area contributed by atoms with E-state index in [1.54, 1.807) is 0 Å². The quantitative estimate of drug-likeness (QED) is 0.413. The van der Waals surface area contributed by atoms with Crippen molar-refractivity contribution in [3.05, 3.63) is 72.5 Å². The summed E-state index contributed by atoms with van der Waals surface area (Å²) < 4.78 is 3.92. The van der Waals surface area contributed by atoms with Crippen LogP contribution in [0, 0.1) is 12.5 Å². The summed E-state index contributed by atoms with van der Waals surface area (Å²) in [6.07, 6.45) is 7.10. The van der Waals surface area contributed by atoms with Crippen LogP contribution in [0.1, 0.15) is 6.42 Å². The van der Waals surface area contributed by atoms with E-state index in [0.29, 0.717) is 11.6 Å². The fraction of sp³-hybridized carbons (Fsp3) is 0.231. The summed E-state index contributed by atoms with van der Waals surface area (Å²) in [4.78, 5) is 8.50. The molecule has 162 valence electrons. The molecule has 5 aromatic rings. The fourth-order valence-electron chi connectivity index (χ4n) is 4.81. The van der Waals surface area contributed by atoms with Crippen molar-refractivity contribution in [2.24, 2.45) is 13.0 Å². The van der Waals surface area contributed by atoms with Crippen LogP contribution in [-0.2, 0) is 13.6 Å². The third-order valence-electron chi connectivity index (χ3n) is 6.47. The normalized spacial score (nSPS) is 15.9. The van der Waals surface area contributed by atoms with Crippen molar-refractivity contribution in [1.82, 2.24) is 29.9 Å². The first kappa shape index (κ1) is 19.6. The van der Waals surface area contributed by atoms with E-state index in [9.17, 15) is 0 Å². The summed E-state index contributed by atoms with van der Waals surface area (Å²) in [5, 5.41) is 14.8. The van der Waals surface area contributed by atoms with Gasteiger partial charge in [0.05, 0.1) is 35.7 Å². The highest BCUT2D eigenvalue weighted by molar-refractivity contribution is 6.02. The van der Waals surface area contributed by atoms with Gasteiger partial charge in [-0.15, -0.1) is 0 Å². The summed E-state index contributed by atoms with van der Waals surface area (Å²) in [6, 6.07) is 14.0. The smallest absolute Gasteiger partial charge is 0.187 e. The van der Waals surface area contributed by atoms with Gasteiger partial charge in [-0.2, -0.15) is 10.2 Å². The van der Waals surface area contributed by atoms with Gasteiger partial charge in [-0.25, -0.2) is 4.85 Å². The van der Waals surface area contributed by atoms with Gasteiger partial charge < -0.3 is 5.32 Å². The molecule has 1 atom stereocenters. The van der Waals surface area contributed by atoms with Crippen molar-refractivity contribution in [1.29, 1.82) is 0 Å². The molecule has 0 amide bonds. The highest BCUT2D eigenvalue weighted by Gasteiger charge is 2.20. The first-order valence-corrected chi connectivity index (χ1v) is 11.2. The van der Waals surface area contributed by atoms with Crippen LogP contribution in [-0.4, -0.2) is 37.6 Å². The van der Waals surface area contributed by atoms with Crippen LogP contribution in [0.5, 0.6) is 0 Å². The molecule has 0 unspecified atom stereocenters. The molecule has 33 heavy (non-hydrogen) atoms. The average molecular weight is 434 g/mol. The monoisotopic (exact) mass is 433 g/mol. The number of rotatable bonds is 4. The number of hydrogen-bond acceptors (Lipinski definition) is 4. The van der Waals surface area contributed by atoms with Crippen LogP contribution in [0.3, 0.4) is 0 Å². The molecule has 0 saturated carbocycles. The number of fused-ring (bicyclic) bond motifs is 2. The SMILES string of the molecule is [C-]#[N+]c1ccc(-c2c(-c3ccc4nn(C)cc4c3)ncc3c2cnn3C[C@@H]2CCNC2)cc1. The van der Waals surface area contributed by atoms with E-state index in [4.69, 9.17) is 16.7 Å². The predicted molar refractivity (Wildman–Crippen MR) is 130 cm³/mol. The molecule has 1 fully saturated rings. The van der Waals surface area contributed by atoms with Crippen molar-refractivity contribution in [3.63, 3.8) is 0 Å². The number of nitrogens with one attached hydrogen (secondary N) is 1. The first-order valence-electron chi connectivity index (χ1n) is 11.2. The number of benzene rings is 2. The Morgan fingerprint density at radius 2 is 1.97 bits per heavy atom. The molecular weight excluding hydrogens is 410 g/mol. The zero-order valence-electron chi connectivity index (χ0n) is 18.4. The summed E-state index contributed by atoms with van der Waals surface area (Å²) in [5.74, 6) is 0.585. The number of nitrogens with zero attached hydrogens (tertiary/aromatic N) is 6. The van der Waals surface area contributed by atoms with E-state index < -0.39 is 0 Å². The second kappa shape index (κ2) is 7.84. The molecule has 7 nitrogen and oxygen atoms in total. The van der Waals surface area contributed by atoms with Crippen molar-refractivity contribution < 1.29 is 0 Å². The lowest BCUT2D eigenvalue weighted by Gasteiger charge is -2.13. The third kappa shape index (κ3) is 3.45.